The molecule has 1 fully saturated rings. The van der Waals surface area contributed by atoms with Crippen LogP contribution in [0.2, 0.25) is 5.02 Å². The average molecular weight is 268 g/mol. The molecule has 0 saturated heterocycles. The molecule has 1 aliphatic carbocycles. The molecule has 98 valence electrons. The molecule has 5 heteroatoms. The summed E-state index contributed by atoms with van der Waals surface area (Å²) in [4.78, 5) is 0. The van der Waals surface area contributed by atoms with Crippen molar-refractivity contribution in [3.8, 4) is 0 Å². The van der Waals surface area contributed by atoms with Gasteiger partial charge in [-0.1, -0.05) is 41.7 Å². The fourth-order valence-corrected chi connectivity index (χ4v) is 2.54. The Hall–Kier alpha value is -1.26. The molecule has 0 radical (unpaired) electrons. The normalized spacial score (nSPS) is 17.3. The summed E-state index contributed by atoms with van der Waals surface area (Å²) in [5.41, 5.74) is 7.18. The Kier molecular flexibility index (Phi) is 4.44. The van der Waals surface area contributed by atoms with Crippen molar-refractivity contribution in [1.29, 1.82) is 0 Å². The van der Waals surface area contributed by atoms with Gasteiger partial charge in [-0.3, -0.25) is 0 Å². The van der Waals surface area contributed by atoms with Gasteiger partial charge in [-0.2, -0.15) is 0 Å². The molecule has 0 aromatic heterocycles. The van der Waals surface area contributed by atoms with E-state index in [4.69, 9.17) is 22.5 Å². The van der Waals surface area contributed by atoms with E-state index < -0.39 is 0 Å². The van der Waals surface area contributed by atoms with Gasteiger partial charge in [0, 0.05) is 23.2 Å². The number of nitrogens with two attached hydrogens (primary N) is 1. The Morgan fingerprint density at radius 2 is 2.17 bits per heavy atom. The maximum atomic E-state index is 8.60. The standard InChI is InChI=1S/C13H18ClN3O/c14-12-7-9(13(15)17-18)5-6-10(12)8-16-11-3-1-2-4-11/h5-7,11,16,18H,1-4,8H2,(H2,15,17). The first kappa shape index (κ1) is 13.2. The van der Waals surface area contributed by atoms with Crippen LogP contribution in [0.25, 0.3) is 0 Å². The van der Waals surface area contributed by atoms with Crippen LogP contribution in [0.1, 0.15) is 36.8 Å². The molecule has 1 aliphatic rings. The minimum absolute atomic E-state index is 0.0761. The maximum Gasteiger partial charge on any atom is 0.170 e. The van der Waals surface area contributed by atoms with Crippen LogP contribution in [0.15, 0.2) is 23.4 Å². The first-order valence-corrected chi connectivity index (χ1v) is 6.58. The van der Waals surface area contributed by atoms with Gasteiger partial charge in [0.1, 0.15) is 0 Å². The third kappa shape index (κ3) is 3.15. The van der Waals surface area contributed by atoms with Crippen LogP contribution in [-0.4, -0.2) is 17.1 Å². The van der Waals surface area contributed by atoms with Crippen molar-refractivity contribution in [3.05, 3.63) is 34.3 Å². The zero-order valence-corrected chi connectivity index (χ0v) is 11.0. The summed E-state index contributed by atoms with van der Waals surface area (Å²) in [5.74, 6) is 0.0761. The smallest absolute Gasteiger partial charge is 0.170 e. The number of amidine groups is 1. The number of benzene rings is 1. The van der Waals surface area contributed by atoms with Gasteiger partial charge < -0.3 is 16.3 Å². The van der Waals surface area contributed by atoms with Crippen molar-refractivity contribution in [2.24, 2.45) is 10.9 Å². The summed E-state index contributed by atoms with van der Waals surface area (Å²) in [5, 5.41) is 15.7. The van der Waals surface area contributed by atoms with Crippen LogP contribution in [0.5, 0.6) is 0 Å². The molecule has 0 amide bonds. The van der Waals surface area contributed by atoms with E-state index in [0.717, 1.165) is 12.1 Å². The molecule has 4 nitrogen and oxygen atoms in total. The zero-order valence-electron chi connectivity index (χ0n) is 10.2. The van der Waals surface area contributed by atoms with E-state index in [9.17, 15) is 0 Å². The second-order valence-electron chi connectivity index (χ2n) is 4.65. The molecule has 4 N–H and O–H groups in total. The van der Waals surface area contributed by atoms with E-state index in [1.807, 2.05) is 12.1 Å². The van der Waals surface area contributed by atoms with E-state index in [1.165, 1.54) is 25.7 Å². The second-order valence-corrected chi connectivity index (χ2v) is 5.06. The van der Waals surface area contributed by atoms with Crippen LogP contribution in [0.4, 0.5) is 0 Å². The third-order valence-corrected chi connectivity index (χ3v) is 3.74. The highest BCUT2D eigenvalue weighted by Crippen LogP contribution is 2.21. The Bertz CT molecular complexity index is 442. The van der Waals surface area contributed by atoms with E-state index >= 15 is 0 Å². The molecule has 18 heavy (non-hydrogen) atoms. The van der Waals surface area contributed by atoms with Gasteiger partial charge in [-0.05, 0) is 24.5 Å². The van der Waals surface area contributed by atoms with Crippen LogP contribution >= 0.6 is 11.6 Å². The quantitative estimate of drug-likeness (QED) is 0.340. The summed E-state index contributed by atoms with van der Waals surface area (Å²) in [6.45, 7) is 0.764. The van der Waals surface area contributed by atoms with Gasteiger partial charge in [0.25, 0.3) is 0 Å². The van der Waals surface area contributed by atoms with Crippen molar-refractivity contribution in [2.75, 3.05) is 0 Å². The summed E-state index contributed by atoms with van der Waals surface area (Å²) in [6, 6.07) is 6.07. The van der Waals surface area contributed by atoms with Crippen LogP contribution < -0.4 is 11.1 Å². The van der Waals surface area contributed by atoms with E-state index in [0.29, 0.717) is 16.6 Å². The topological polar surface area (TPSA) is 70.6 Å². The summed E-state index contributed by atoms with van der Waals surface area (Å²) < 4.78 is 0. The van der Waals surface area contributed by atoms with E-state index in [1.54, 1.807) is 6.07 Å². The number of halogens is 1. The summed E-state index contributed by atoms with van der Waals surface area (Å²) >= 11 is 6.18. The minimum atomic E-state index is 0.0761. The monoisotopic (exact) mass is 267 g/mol. The SMILES string of the molecule is N/C(=N/O)c1ccc(CNC2CCCC2)c(Cl)c1. The lowest BCUT2D eigenvalue weighted by molar-refractivity contribution is 0.318. The van der Waals surface area contributed by atoms with Gasteiger partial charge in [-0.25, -0.2) is 0 Å². The van der Waals surface area contributed by atoms with Crippen LogP contribution in [0, 0.1) is 0 Å². The lowest BCUT2D eigenvalue weighted by Gasteiger charge is -2.13. The second kappa shape index (κ2) is 6.07. The molecule has 0 atom stereocenters. The molecule has 0 heterocycles. The molecule has 0 bridgehead atoms. The fourth-order valence-electron chi connectivity index (χ4n) is 2.29. The summed E-state index contributed by atoms with van der Waals surface area (Å²) in [7, 11) is 0. The van der Waals surface area contributed by atoms with Gasteiger partial charge in [0.05, 0.1) is 0 Å². The molecular weight excluding hydrogens is 250 g/mol. The first-order chi connectivity index (χ1) is 8.70. The molecular formula is C13H18ClN3O. The minimum Gasteiger partial charge on any atom is -0.409 e. The zero-order chi connectivity index (χ0) is 13.0. The maximum absolute atomic E-state index is 8.60. The van der Waals surface area contributed by atoms with E-state index in [2.05, 4.69) is 10.5 Å². The van der Waals surface area contributed by atoms with Gasteiger partial charge in [0.15, 0.2) is 5.84 Å². The number of oxime groups is 1. The van der Waals surface area contributed by atoms with Crippen molar-refractivity contribution >= 4 is 17.4 Å². The van der Waals surface area contributed by atoms with Crippen molar-refractivity contribution in [1.82, 2.24) is 5.32 Å². The fraction of sp³-hybridized carbons (Fsp3) is 0.462. The summed E-state index contributed by atoms with van der Waals surface area (Å²) in [6.07, 6.45) is 5.13. The van der Waals surface area contributed by atoms with E-state index in [-0.39, 0.29) is 5.84 Å². The molecule has 0 unspecified atom stereocenters. The first-order valence-electron chi connectivity index (χ1n) is 6.20. The number of rotatable bonds is 4. The molecule has 1 saturated carbocycles. The van der Waals surface area contributed by atoms with Gasteiger partial charge in [0.2, 0.25) is 0 Å². The Morgan fingerprint density at radius 1 is 1.44 bits per heavy atom. The molecule has 0 aliphatic heterocycles. The Labute approximate surface area is 112 Å². The van der Waals surface area contributed by atoms with Gasteiger partial charge >= 0.3 is 0 Å². The predicted octanol–water partition coefficient (Wildman–Crippen LogP) is 2.47. The number of hydrogen-bond donors (Lipinski definition) is 3. The Morgan fingerprint density at radius 3 is 2.78 bits per heavy atom. The Balaban J connectivity index is 2.00. The number of nitrogens with one attached hydrogen (secondary N) is 1. The highest BCUT2D eigenvalue weighted by molar-refractivity contribution is 6.31. The largest absolute Gasteiger partial charge is 0.409 e. The predicted molar refractivity (Wildman–Crippen MR) is 73.1 cm³/mol. The third-order valence-electron chi connectivity index (χ3n) is 3.39. The molecule has 1 aromatic carbocycles. The number of nitrogens with zero attached hydrogens (tertiary/aromatic N) is 1. The van der Waals surface area contributed by atoms with Gasteiger partial charge in [-0.15, -0.1) is 0 Å². The van der Waals surface area contributed by atoms with Crippen LogP contribution in [0.3, 0.4) is 0 Å². The highest BCUT2D eigenvalue weighted by atomic mass is 35.5. The lowest BCUT2D eigenvalue weighted by Crippen LogP contribution is -2.25. The van der Waals surface area contributed by atoms with Crippen molar-refractivity contribution < 1.29 is 5.21 Å². The molecule has 2 rings (SSSR count). The van der Waals surface area contributed by atoms with Crippen molar-refractivity contribution in [3.63, 3.8) is 0 Å². The number of hydrogen-bond acceptors (Lipinski definition) is 3. The van der Waals surface area contributed by atoms with Crippen LogP contribution in [-0.2, 0) is 6.54 Å². The highest BCUT2D eigenvalue weighted by Gasteiger charge is 2.14. The molecule has 1 aromatic rings. The lowest BCUT2D eigenvalue weighted by atomic mass is 10.1. The average Bonchev–Trinajstić information content (AvgIpc) is 2.89. The molecule has 0 spiro atoms. The van der Waals surface area contributed by atoms with Crippen molar-refractivity contribution in [2.45, 2.75) is 38.3 Å².